The minimum absolute atomic E-state index is 0.0979. The Balaban J connectivity index is 1.61. The first-order chi connectivity index (χ1) is 18.4. The fourth-order valence-corrected chi connectivity index (χ4v) is 7.31. The van der Waals surface area contributed by atoms with Gasteiger partial charge in [-0.25, -0.2) is 8.78 Å². The van der Waals surface area contributed by atoms with Crippen molar-refractivity contribution in [2.24, 2.45) is 5.92 Å². The molecule has 1 aromatic heterocycles. The van der Waals surface area contributed by atoms with Crippen LogP contribution in [0.2, 0.25) is 0 Å². The maximum atomic E-state index is 15.3. The SMILES string of the molecule is CCCCC1CCN2C(=O)c3c(O)c(=O)ccn3N([C@H]3c4ccccc4SCc4c3ccc(F)c4F)C2C1. The molecule has 2 aromatic carbocycles. The molecule has 1 amide bonds. The average Bonchev–Trinajstić information content (AvgIpc) is 3.09. The van der Waals surface area contributed by atoms with E-state index in [-0.39, 0.29) is 17.0 Å². The zero-order chi connectivity index (χ0) is 26.6. The zero-order valence-corrected chi connectivity index (χ0v) is 21.9. The number of halogens is 2. The number of unbranched alkanes of at least 4 members (excludes halogenated alkanes) is 1. The predicted molar refractivity (Wildman–Crippen MR) is 142 cm³/mol. The number of thioether (sulfide) groups is 1. The summed E-state index contributed by atoms with van der Waals surface area (Å²) in [6, 6.07) is 11.2. The molecule has 4 heterocycles. The minimum atomic E-state index is -0.900. The number of fused-ring (bicyclic) bond motifs is 4. The molecule has 198 valence electrons. The van der Waals surface area contributed by atoms with E-state index in [2.05, 4.69) is 6.92 Å². The fourth-order valence-electron chi connectivity index (χ4n) is 6.19. The molecule has 6 rings (SSSR count). The Morgan fingerprint density at radius 2 is 1.89 bits per heavy atom. The number of benzene rings is 2. The molecule has 38 heavy (non-hydrogen) atoms. The Bertz CT molecular complexity index is 1480. The smallest absolute Gasteiger partial charge is 0.278 e. The van der Waals surface area contributed by atoms with Crippen molar-refractivity contribution in [1.29, 1.82) is 0 Å². The lowest BCUT2D eigenvalue weighted by Crippen LogP contribution is -2.64. The molecule has 0 bridgehead atoms. The van der Waals surface area contributed by atoms with Crippen LogP contribution in [-0.2, 0) is 5.75 Å². The van der Waals surface area contributed by atoms with Crippen LogP contribution in [0.3, 0.4) is 0 Å². The quantitative estimate of drug-likeness (QED) is 0.473. The summed E-state index contributed by atoms with van der Waals surface area (Å²) in [7, 11) is 0. The van der Waals surface area contributed by atoms with E-state index < -0.39 is 40.9 Å². The first kappa shape index (κ1) is 25.0. The molecule has 1 fully saturated rings. The van der Waals surface area contributed by atoms with Crippen molar-refractivity contribution < 1.29 is 18.7 Å². The van der Waals surface area contributed by atoms with Crippen LogP contribution in [0, 0.1) is 17.6 Å². The Kier molecular flexibility index (Phi) is 6.42. The Morgan fingerprint density at radius 3 is 2.71 bits per heavy atom. The molecule has 1 saturated heterocycles. The molecular formula is C29H29F2N3O3S. The molecule has 3 atom stereocenters. The number of hydrogen-bond donors (Lipinski definition) is 1. The van der Waals surface area contributed by atoms with Crippen molar-refractivity contribution in [1.82, 2.24) is 9.58 Å². The second-order valence-electron chi connectivity index (χ2n) is 10.3. The lowest BCUT2D eigenvalue weighted by Gasteiger charge is -2.53. The Morgan fingerprint density at radius 1 is 1.08 bits per heavy atom. The molecule has 1 N–H and O–H groups in total. The average molecular weight is 538 g/mol. The first-order valence-corrected chi connectivity index (χ1v) is 14.1. The highest BCUT2D eigenvalue weighted by Crippen LogP contribution is 2.46. The summed E-state index contributed by atoms with van der Waals surface area (Å²) in [5, 5.41) is 12.8. The summed E-state index contributed by atoms with van der Waals surface area (Å²) >= 11 is 1.45. The van der Waals surface area contributed by atoms with Crippen LogP contribution in [0.4, 0.5) is 8.78 Å². The molecule has 0 saturated carbocycles. The number of pyridine rings is 1. The number of carbonyl (C=O) groups excluding carboxylic acids is 1. The van der Waals surface area contributed by atoms with Crippen molar-refractivity contribution in [3.05, 3.63) is 92.9 Å². The number of hydrogen-bond acceptors (Lipinski definition) is 5. The Labute approximate surface area is 223 Å². The van der Waals surface area contributed by atoms with Crippen LogP contribution in [0.1, 0.15) is 72.2 Å². The van der Waals surface area contributed by atoms with E-state index in [1.165, 1.54) is 24.0 Å². The lowest BCUT2D eigenvalue weighted by molar-refractivity contribution is 0.0367. The molecule has 3 aliphatic heterocycles. The van der Waals surface area contributed by atoms with Gasteiger partial charge in [-0.2, -0.15) is 0 Å². The zero-order valence-electron chi connectivity index (χ0n) is 21.1. The van der Waals surface area contributed by atoms with E-state index in [0.29, 0.717) is 24.4 Å². The number of aromatic nitrogens is 1. The van der Waals surface area contributed by atoms with Gasteiger partial charge in [-0.3, -0.25) is 19.3 Å². The highest BCUT2D eigenvalue weighted by atomic mass is 32.2. The Hall–Kier alpha value is -3.33. The van der Waals surface area contributed by atoms with E-state index in [4.69, 9.17) is 0 Å². The highest BCUT2D eigenvalue weighted by molar-refractivity contribution is 7.98. The lowest BCUT2D eigenvalue weighted by atomic mass is 9.87. The van der Waals surface area contributed by atoms with Gasteiger partial charge in [0.15, 0.2) is 23.1 Å². The van der Waals surface area contributed by atoms with E-state index in [0.717, 1.165) is 42.2 Å². The van der Waals surface area contributed by atoms with Gasteiger partial charge < -0.3 is 10.0 Å². The fraction of sp³-hybridized carbons (Fsp3) is 0.379. The van der Waals surface area contributed by atoms with Gasteiger partial charge in [0.2, 0.25) is 5.43 Å². The van der Waals surface area contributed by atoms with Crippen LogP contribution in [0.25, 0.3) is 0 Å². The van der Waals surface area contributed by atoms with Crippen molar-refractivity contribution in [2.45, 2.75) is 61.9 Å². The monoisotopic (exact) mass is 537 g/mol. The standard InChI is InChI=1S/C29H29F2N3O3S/c1-2-3-6-17-11-13-32-24(15-17)34(33-14-12-22(35)28(36)27(33)29(32)37)26-18-9-10-21(30)25(31)20(18)16-38-23-8-5-4-7-19(23)26/h4-5,7-10,12,14,17,24,26,36H,2-3,6,11,13,15-16H2,1H3/t17?,24?,26-/m1/s1. The van der Waals surface area contributed by atoms with Gasteiger partial charge in [-0.15, -0.1) is 11.8 Å². The molecule has 0 spiro atoms. The van der Waals surface area contributed by atoms with Gasteiger partial charge >= 0.3 is 0 Å². The normalized spacial score (nSPS) is 22.3. The van der Waals surface area contributed by atoms with Gasteiger partial charge in [0.05, 0.1) is 6.04 Å². The molecular weight excluding hydrogens is 508 g/mol. The number of carbonyl (C=O) groups is 1. The van der Waals surface area contributed by atoms with Crippen LogP contribution in [0.15, 0.2) is 58.4 Å². The topological polar surface area (TPSA) is 65.8 Å². The molecule has 3 aromatic rings. The molecule has 3 aliphatic rings. The number of amides is 1. The largest absolute Gasteiger partial charge is 0.502 e. The van der Waals surface area contributed by atoms with E-state index >= 15 is 4.39 Å². The summed E-state index contributed by atoms with van der Waals surface area (Å²) < 4.78 is 31.3. The van der Waals surface area contributed by atoms with Crippen molar-refractivity contribution in [2.75, 3.05) is 11.6 Å². The third-order valence-corrected chi connectivity index (χ3v) is 9.21. The van der Waals surface area contributed by atoms with E-state index in [1.807, 2.05) is 29.3 Å². The molecule has 2 unspecified atom stereocenters. The number of aromatic hydroxyl groups is 1. The summed E-state index contributed by atoms with van der Waals surface area (Å²) in [4.78, 5) is 28.8. The van der Waals surface area contributed by atoms with Crippen molar-refractivity contribution >= 4 is 17.7 Å². The number of nitrogens with zero attached hydrogens (tertiary/aromatic N) is 3. The second-order valence-corrected chi connectivity index (χ2v) is 11.3. The summed E-state index contributed by atoms with van der Waals surface area (Å²) in [5.74, 6) is -2.11. The van der Waals surface area contributed by atoms with Gasteiger partial charge in [-0.05, 0) is 42.0 Å². The summed E-state index contributed by atoms with van der Waals surface area (Å²) in [6.45, 7) is 2.65. The van der Waals surface area contributed by atoms with E-state index in [1.54, 1.807) is 15.6 Å². The maximum absolute atomic E-state index is 15.3. The molecule has 0 aliphatic carbocycles. The van der Waals surface area contributed by atoms with Gasteiger partial charge in [-0.1, -0.05) is 50.5 Å². The minimum Gasteiger partial charge on any atom is -0.502 e. The molecule has 6 nitrogen and oxygen atoms in total. The molecule has 9 heteroatoms. The van der Waals surface area contributed by atoms with Crippen LogP contribution in [-0.4, -0.2) is 33.3 Å². The van der Waals surface area contributed by atoms with Gasteiger partial charge in [0, 0.05) is 35.0 Å². The second kappa shape index (κ2) is 9.76. The van der Waals surface area contributed by atoms with E-state index in [9.17, 15) is 19.1 Å². The number of rotatable bonds is 4. The highest BCUT2D eigenvalue weighted by Gasteiger charge is 2.47. The maximum Gasteiger partial charge on any atom is 0.278 e. The molecule has 0 radical (unpaired) electrons. The van der Waals surface area contributed by atoms with Crippen LogP contribution in [0.5, 0.6) is 5.75 Å². The third kappa shape index (κ3) is 3.90. The summed E-state index contributed by atoms with van der Waals surface area (Å²) in [6.07, 6.45) is 5.86. The third-order valence-electron chi connectivity index (χ3n) is 8.10. The number of piperidine rings is 1. The predicted octanol–water partition coefficient (Wildman–Crippen LogP) is 5.55. The van der Waals surface area contributed by atoms with Crippen molar-refractivity contribution in [3.8, 4) is 5.75 Å². The van der Waals surface area contributed by atoms with Gasteiger partial charge in [0.1, 0.15) is 6.17 Å². The van der Waals surface area contributed by atoms with Crippen molar-refractivity contribution in [3.63, 3.8) is 0 Å². The van der Waals surface area contributed by atoms with Crippen LogP contribution >= 0.6 is 11.8 Å². The first-order valence-electron chi connectivity index (χ1n) is 13.1. The van der Waals surface area contributed by atoms with Gasteiger partial charge in [0.25, 0.3) is 5.91 Å². The van der Waals surface area contributed by atoms with Crippen LogP contribution < -0.4 is 10.4 Å². The summed E-state index contributed by atoms with van der Waals surface area (Å²) in [5.41, 5.74) is 1.06.